The van der Waals surface area contributed by atoms with Crippen molar-refractivity contribution < 1.29 is 14.4 Å². The molecule has 0 unspecified atom stereocenters. The SMILES string of the molecule is O=C(CCC(=O)c1ccccc1)NCCC(=O)NCc1ccncc1. The summed E-state index contributed by atoms with van der Waals surface area (Å²) in [6.07, 6.45) is 3.80. The van der Waals surface area contributed by atoms with Crippen LogP contribution in [0.4, 0.5) is 0 Å². The maximum Gasteiger partial charge on any atom is 0.222 e. The number of ketones is 1. The van der Waals surface area contributed by atoms with Crippen LogP contribution in [0.15, 0.2) is 54.9 Å². The number of carbonyl (C=O) groups excluding carboxylic acids is 3. The Labute approximate surface area is 146 Å². The summed E-state index contributed by atoms with van der Waals surface area (Å²) in [6.45, 7) is 0.682. The Bertz CT molecular complexity index is 702. The molecule has 2 amide bonds. The average molecular weight is 339 g/mol. The lowest BCUT2D eigenvalue weighted by Crippen LogP contribution is -2.30. The number of carbonyl (C=O) groups is 3. The highest BCUT2D eigenvalue weighted by Gasteiger charge is 2.09. The third kappa shape index (κ3) is 6.95. The molecule has 0 saturated carbocycles. The molecule has 1 heterocycles. The van der Waals surface area contributed by atoms with Gasteiger partial charge in [-0.15, -0.1) is 0 Å². The van der Waals surface area contributed by atoms with Crippen molar-refractivity contribution in [2.75, 3.05) is 6.54 Å². The average Bonchev–Trinajstić information content (AvgIpc) is 2.66. The number of nitrogens with zero attached hydrogens (tertiary/aromatic N) is 1. The highest BCUT2D eigenvalue weighted by atomic mass is 16.2. The van der Waals surface area contributed by atoms with E-state index in [9.17, 15) is 14.4 Å². The minimum absolute atomic E-state index is 0.0640. The summed E-state index contributed by atoms with van der Waals surface area (Å²) in [6, 6.07) is 12.5. The van der Waals surface area contributed by atoms with Gasteiger partial charge in [0.1, 0.15) is 0 Å². The van der Waals surface area contributed by atoms with E-state index in [1.807, 2.05) is 18.2 Å². The second-order valence-corrected chi connectivity index (χ2v) is 5.52. The molecule has 0 aliphatic rings. The Morgan fingerprint density at radius 3 is 2.20 bits per heavy atom. The second kappa shape index (κ2) is 9.97. The van der Waals surface area contributed by atoms with Gasteiger partial charge in [0.2, 0.25) is 11.8 Å². The van der Waals surface area contributed by atoms with E-state index < -0.39 is 0 Å². The van der Waals surface area contributed by atoms with Gasteiger partial charge >= 0.3 is 0 Å². The monoisotopic (exact) mass is 339 g/mol. The number of hydrogen-bond acceptors (Lipinski definition) is 4. The van der Waals surface area contributed by atoms with Crippen molar-refractivity contribution in [1.29, 1.82) is 0 Å². The van der Waals surface area contributed by atoms with E-state index in [0.29, 0.717) is 12.1 Å². The lowest BCUT2D eigenvalue weighted by molar-refractivity contribution is -0.122. The normalized spacial score (nSPS) is 10.1. The molecule has 0 aliphatic carbocycles. The number of aromatic nitrogens is 1. The summed E-state index contributed by atoms with van der Waals surface area (Å²) in [7, 11) is 0. The van der Waals surface area contributed by atoms with Gasteiger partial charge in [-0.2, -0.15) is 0 Å². The van der Waals surface area contributed by atoms with Crippen LogP contribution in [0.25, 0.3) is 0 Å². The lowest BCUT2D eigenvalue weighted by atomic mass is 10.1. The quantitative estimate of drug-likeness (QED) is 0.683. The molecule has 2 N–H and O–H groups in total. The van der Waals surface area contributed by atoms with Crippen molar-refractivity contribution in [2.45, 2.75) is 25.8 Å². The van der Waals surface area contributed by atoms with Gasteiger partial charge in [-0.3, -0.25) is 19.4 Å². The van der Waals surface area contributed by atoms with Crippen LogP contribution in [-0.2, 0) is 16.1 Å². The molecular formula is C19H21N3O3. The summed E-state index contributed by atoms with van der Waals surface area (Å²) >= 11 is 0. The fourth-order valence-corrected chi connectivity index (χ4v) is 2.19. The molecule has 6 nitrogen and oxygen atoms in total. The van der Waals surface area contributed by atoms with Gasteiger partial charge < -0.3 is 10.6 Å². The third-order valence-electron chi connectivity index (χ3n) is 3.59. The topological polar surface area (TPSA) is 88.2 Å². The Morgan fingerprint density at radius 2 is 1.48 bits per heavy atom. The summed E-state index contributed by atoms with van der Waals surface area (Å²) in [4.78, 5) is 39.3. The number of amides is 2. The molecular weight excluding hydrogens is 318 g/mol. The predicted molar refractivity (Wildman–Crippen MR) is 93.7 cm³/mol. The Hall–Kier alpha value is -3.02. The smallest absolute Gasteiger partial charge is 0.222 e. The minimum Gasteiger partial charge on any atom is -0.356 e. The zero-order chi connectivity index (χ0) is 17.9. The molecule has 0 fully saturated rings. The van der Waals surface area contributed by atoms with E-state index in [1.54, 1.807) is 36.7 Å². The number of hydrogen-bond donors (Lipinski definition) is 2. The molecule has 0 bridgehead atoms. The van der Waals surface area contributed by atoms with Crippen molar-refractivity contribution in [2.24, 2.45) is 0 Å². The molecule has 130 valence electrons. The highest BCUT2D eigenvalue weighted by molar-refractivity contribution is 5.97. The van der Waals surface area contributed by atoms with Crippen molar-refractivity contribution >= 4 is 17.6 Å². The van der Waals surface area contributed by atoms with Gasteiger partial charge in [0.05, 0.1) is 0 Å². The van der Waals surface area contributed by atoms with Crippen LogP contribution in [-0.4, -0.2) is 29.1 Å². The Balaban J connectivity index is 1.58. The molecule has 0 radical (unpaired) electrons. The zero-order valence-corrected chi connectivity index (χ0v) is 13.9. The number of nitrogens with one attached hydrogen (secondary N) is 2. The van der Waals surface area contributed by atoms with Gasteiger partial charge in [0.25, 0.3) is 0 Å². The number of benzene rings is 1. The summed E-state index contributed by atoms with van der Waals surface area (Å²) < 4.78 is 0. The first kappa shape index (κ1) is 18.3. The highest BCUT2D eigenvalue weighted by Crippen LogP contribution is 2.04. The summed E-state index contributed by atoms with van der Waals surface area (Å²) in [5.74, 6) is -0.436. The fourth-order valence-electron chi connectivity index (χ4n) is 2.19. The van der Waals surface area contributed by atoms with Crippen molar-refractivity contribution in [3.05, 3.63) is 66.0 Å². The zero-order valence-electron chi connectivity index (χ0n) is 13.9. The Morgan fingerprint density at radius 1 is 0.800 bits per heavy atom. The van der Waals surface area contributed by atoms with Crippen molar-refractivity contribution in [1.82, 2.24) is 15.6 Å². The van der Waals surface area contributed by atoms with Crippen molar-refractivity contribution in [3.8, 4) is 0 Å². The first-order valence-electron chi connectivity index (χ1n) is 8.15. The Kier molecular flexibility index (Phi) is 7.31. The maximum absolute atomic E-state index is 11.9. The van der Waals surface area contributed by atoms with E-state index in [4.69, 9.17) is 0 Å². The minimum atomic E-state index is -0.230. The third-order valence-corrected chi connectivity index (χ3v) is 3.59. The first-order valence-corrected chi connectivity index (χ1v) is 8.15. The van der Waals surface area contributed by atoms with Gasteiger partial charge in [-0.05, 0) is 17.7 Å². The van der Waals surface area contributed by atoms with E-state index >= 15 is 0 Å². The molecule has 0 spiro atoms. The molecule has 0 atom stereocenters. The van der Waals surface area contributed by atoms with E-state index in [1.165, 1.54) is 0 Å². The number of pyridine rings is 1. The lowest BCUT2D eigenvalue weighted by Gasteiger charge is -2.07. The standard InChI is InChI=1S/C19H21N3O3/c23-17(16-4-2-1-3-5-16)6-7-18(24)21-13-10-19(25)22-14-15-8-11-20-12-9-15/h1-5,8-9,11-12H,6-7,10,13-14H2,(H,21,24)(H,22,25). The number of Topliss-reactive ketones (excluding diaryl/α,β-unsaturated/α-hetero) is 1. The molecule has 2 rings (SSSR count). The van der Waals surface area contributed by atoms with Crippen LogP contribution < -0.4 is 10.6 Å². The van der Waals surface area contributed by atoms with Crippen LogP contribution in [0.1, 0.15) is 35.2 Å². The first-order chi connectivity index (χ1) is 12.1. The molecule has 1 aromatic carbocycles. The van der Waals surface area contributed by atoms with E-state index in [-0.39, 0.29) is 43.4 Å². The molecule has 1 aromatic heterocycles. The molecule has 0 saturated heterocycles. The van der Waals surface area contributed by atoms with Crippen LogP contribution in [0.5, 0.6) is 0 Å². The van der Waals surface area contributed by atoms with Gasteiger partial charge in [-0.25, -0.2) is 0 Å². The number of rotatable bonds is 9. The van der Waals surface area contributed by atoms with Crippen LogP contribution >= 0.6 is 0 Å². The molecule has 2 aromatic rings. The van der Waals surface area contributed by atoms with Gasteiger partial charge in [-0.1, -0.05) is 30.3 Å². The van der Waals surface area contributed by atoms with E-state index in [2.05, 4.69) is 15.6 Å². The van der Waals surface area contributed by atoms with Gasteiger partial charge in [0, 0.05) is 50.3 Å². The summed E-state index contributed by atoms with van der Waals surface area (Å²) in [5, 5.41) is 5.43. The van der Waals surface area contributed by atoms with Gasteiger partial charge in [0.15, 0.2) is 5.78 Å². The largest absolute Gasteiger partial charge is 0.356 e. The second-order valence-electron chi connectivity index (χ2n) is 5.52. The summed E-state index contributed by atoms with van der Waals surface area (Å²) in [5.41, 5.74) is 1.57. The molecule has 25 heavy (non-hydrogen) atoms. The van der Waals surface area contributed by atoms with E-state index in [0.717, 1.165) is 5.56 Å². The van der Waals surface area contributed by atoms with Crippen LogP contribution in [0, 0.1) is 0 Å². The molecule has 0 aliphatic heterocycles. The predicted octanol–water partition coefficient (Wildman–Crippen LogP) is 1.87. The van der Waals surface area contributed by atoms with Crippen molar-refractivity contribution in [3.63, 3.8) is 0 Å². The van der Waals surface area contributed by atoms with Crippen LogP contribution in [0.3, 0.4) is 0 Å². The fraction of sp³-hybridized carbons (Fsp3) is 0.263. The van der Waals surface area contributed by atoms with Crippen LogP contribution in [0.2, 0.25) is 0 Å². The maximum atomic E-state index is 11.9. The molecule has 6 heteroatoms.